The molecule has 0 spiro atoms. The SMILES string of the molecule is FC(F)(F)Oc1ccc(-n2cnc(Nc3nc(Cl)nn4cccc34)c2)cc1Cl. The number of imidazole rings is 1. The molecule has 0 amide bonds. The van der Waals surface area contributed by atoms with Crippen LogP contribution in [0.2, 0.25) is 10.3 Å². The summed E-state index contributed by atoms with van der Waals surface area (Å²) in [6, 6.07) is 7.48. The Morgan fingerprint density at radius 3 is 2.71 bits per heavy atom. The Morgan fingerprint density at radius 1 is 1.14 bits per heavy atom. The molecule has 0 saturated carbocycles. The van der Waals surface area contributed by atoms with Crippen LogP contribution in [-0.4, -0.2) is 30.5 Å². The maximum absolute atomic E-state index is 12.3. The number of aromatic nitrogens is 5. The van der Waals surface area contributed by atoms with Gasteiger partial charge in [-0.3, -0.25) is 0 Å². The summed E-state index contributed by atoms with van der Waals surface area (Å²) >= 11 is 11.8. The highest BCUT2D eigenvalue weighted by Crippen LogP contribution is 2.32. The van der Waals surface area contributed by atoms with Crippen LogP contribution in [0.15, 0.2) is 49.1 Å². The molecule has 0 saturated heterocycles. The molecule has 28 heavy (non-hydrogen) atoms. The lowest BCUT2D eigenvalue weighted by atomic mass is 10.3. The summed E-state index contributed by atoms with van der Waals surface area (Å²) in [5.74, 6) is 0.398. The van der Waals surface area contributed by atoms with Gasteiger partial charge >= 0.3 is 6.36 Å². The summed E-state index contributed by atoms with van der Waals surface area (Å²) in [7, 11) is 0. The van der Waals surface area contributed by atoms with Crippen LogP contribution in [0.3, 0.4) is 0 Å². The number of rotatable bonds is 4. The van der Waals surface area contributed by atoms with Gasteiger partial charge in [0, 0.05) is 11.9 Å². The standard InChI is InChI=1S/C16H9Cl2F3N6O/c17-10-6-9(3-4-12(10)28-16(19,20)21)26-7-13(22-8-26)23-14-11-2-1-5-27(11)25-15(18)24-14/h1-8H,(H,23,24,25). The van der Waals surface area contributed by atoms with Crippen molar-refractivity contribution in [3.63, 3.8) is 0 Å². The average Bonchev–Trinajstić information content (AvgIpc) is 3.25. The second-order valence-electron chi connectivity index (χ2n) is 5.52. The van der Waals surface area contributed by atoms with E-state index in [0.29, 0.717) is 22.8 Å². The highest BCUT2D eigenvalue weighted by atomic mass is 35.5. The summed E-state index contributed by atoms with van der Waals surface area (Å²) in [6.45, 7) is 0. The first-order chi connectivity index (χ1) is 13.3. The van der Waals surface area contributed by atoms with Gasteiger partial charge in [-0.05, 0) is 41.9 Å². The molecular weight excluding hydrogens is 420 g/mol. The highest BCUT2D eigenvalue weighted by Gasteiger charge is 2.32. The molecule has 3 aromatic heterocycles. The largest absolute Gasteiger partial charge is 0.573 e. The van der Waals surface area contributed by atoms with Crippen molar-refractivity contribution in [1.82, 2.24) is 24.1 Å². The van der Waals surface area contributed by atoms with Crippen molar-refractivity contribution in [1.29, 1.82) is 0 Å². The van der Waals surface area contributed by atoms with Gasteiger partial charge in [-0.1, -0.05) is 11.6 Å². The van der Waals surface area contributed by atoms with Crippen LogP contribution in [-0.2, 0) is 0 Å². The fourth-order valence-electron chi connectivity index (χ4n) is 2.51. The lowest BCUT2D eigenvalue weighted by molar-refractivity contribution is -0.274. The average molecular weight is 429 g/mol. The van der Waals surface area contributed by atoms with E-state index in [1.165, 1.54) is 18.5 Å². The molecule has 0 aliphatic heterocycles. The monoisotopic (exact) mass is 428 g/mol. The van der Waals surface area contributed by atoms with Gasteiger partial charge in [0.1, 0.15) is 23.4 Å². The summed E-state index contributed by atoms with van der Waals surface area (Å²) in [4.78, 5) is 8.34. The Kier molecular flexibility index (Phi) is 4.52. The quantitative estimate of drug-likeness (QED) is 0.502. The number of benzene rings is 1. The number of hydrogen-bond donors (Lipinski definition) is 1. The molecule has 4 rings (SSSR count). The first-order valence-electron chi connectivity index (χ1n) is 7.66. The van der Waals surface area contributed by atoms with Crippen LogP contribution in [0.1, 0.15) is 0 Å². The maximum Gasteiger partial charge on any atom is 0.573 e. The van der Waals surface area contributed by atoms with Gasteiger partial charge in [-0.25, -0.2) is 9.50 Å². The molecule has 7 nitrogen and oxygen atoms in total. The Balaban J connectivity index is 1.59. The Labute approximate surface area is 165 Å². The molecule has 0 fully saturated rings. The first-order valence-corrected chi connectivity index (χ1v) is 8.42. The molecule has 12 heteroatoms. The lowest BCUT2D eigenvalue weighted by Crippen LogP contribution is -2.17. The molecule has 0 unspecified atom stereocenters. The topological polar surface area (TPSA) is 69.3 Å². The predicted octanol–water partition coefficient (Wildman–Crippen LogP) is 4.86. The third kappa shape index (κ3) is 3.82. The fraction of sp³-hybridized carbons (Fsp3) is 0.0625. The minimum atomic E-state index is -4.82. The normalized spacial score (nSPS) is 11.8. The van der Waals surface area contributed by atoms with Crippen molar-refractivity contribution >= 4 is 40.4 Å². The maximum atomic E-state index is 12.3. The van der Waals surface area contributed by atoms with Crippen LogP contribution >= 0.6 is 23.2 Å². The van der Waals surface area contributed by atoms with Gasteiger partial charge in [0.25, 0.3) is 0 Å². The molecule has 0 aliphatic carbocycles. The zero-order valence-electron chi connectivity index (χ0n) is 13.7. The number of nitrogens with zero attached hydrogens (tertiary/aromatic N) is 5. The molecule has 4 aromatic rings. The number of ether oxygens (including phenoxy) is 1. The summed E-state index contributed by atoms with van der Waals surface area (Å²) in [5, 5.41) is 6.93. The van der Waals surface area contributed by atoms with E-state index >= 15 is 0 Å². The third-order valence-electron chi connectivity index (χ3n) is 3.63. The number of hydrogen-bond acceptors (Lipinski definition) is 5. The van der Waals surface area contributed by atoms with Crippen LogP contribution in [0.25, 0.3) is 11.2 Å². The van der Waals surface area contributed by atoms with Crippen molar-refractivity contribution in [3.8, 4) is 11.4 Å². The summed E-state index contributed by atoms with van der Waals surface area (Å²) < 4.78 is 44.0. The van der Waals surface area contributed by atoms with E-state index in [9.17, 15) is 13.2 Å². The van der Waals surface area contributed by atoms with Crippen molar-refractivity contribution < 1.29 is 17.9 Å². The molecule has 144 valence electrons. The smallest absolute Gasteiger partial charge is 0.404 e. The van der Waals surface area contributed by atoms with Crippen molar-refractivity contribution in [2.75, 3.05) is 5.32 Å². The highest BCUT2D eigenvalue weighted by molar-refractivity contribution is 6.32. The Hall–Kier alpha value is -2.98. The van der Waals surface area contributed by atoms with E-state index in [1.54, 1.807) is 33.6 Å². The van der Waals surface area contributed by atoms with E-state index < -0.39 is 12.1 Å². The summed E-state index contributed by atoms with van der Waals surface area (Å²) in [6.07, 6.45) is -0.0126. The second-order valence-corrected chi connectivity index (χ2v) is 6.27. The molecular formula is C16H9Cl2F3N6O. The van der Waals surface area contributed by atoms with Gasteiger partial charge in [0.05, 0.1) is 11.2 Å². The van der Waals surface area contributed by atoms with E-state index in [2.05, 4.69) is 25.1 Å². The minimum absolute atomic E-state index is 0.0534. The zero-order valence-corrected chi connectivity index (χ0v) is 15.2. The van der Waals surface area contributed by atoms with E-state index in [-0.39, 0.29) is 10.3 Å². The molecule has 0 aliphatic rings. The van der Waals surface area contributed by atoms with Crippen LogP contribution < -0.4 is 10.1 Å². The van der Waals surface area contributed by atoms with E-state index in [0.717, 1.165) is 6.07 Å². The number of halogens is 5. The van der Waals surface area contributed by atoms with Gasteiger partial charge < -0.3 is 14.6 Å². The number of nitrogens with one attached hydrogen (secondary N) is 1. The summed E-state index contributed by atoms with van der Waals surface area (Å²) in [5.41, 5.74) is 1.18. The third-order valence-corrected chi connectivity index (χ3v) is 4.09. The molecule has 1 aromatic carbocycles. The van der Waals surface area contributed by atoms with Crippen molar-refractivity contribution in [2.45, 2.75) is 6.36 Å². The van der Waals surface area contributed by atoms with E-state index in [1.807, 2.05) is 0 Å². The van der Waals surface area contributed by atoms with Crippen LogP contribution in [0.4, 0.5) is 24.8 Å². The molecule has 0 atom stereocenters. The number of anilines is 2. The lowest BCUT2D eigenvalue weighted by Gasteiger charge is -2.11. The fourth-order valence-corrected chi connectivity index (χ4v) is 2.89. The number of fused-ring (bicyclic) bond motifs is 1. The van der Waals surface area contributed by atoms with Gasteiger partial charge in [-0.2, -0.15) is 4.98 Å². The predicted molar refractivity (Wildman–Crippen MR) is 96.5 cm³/mol. The van der Waals surface area contributed by atoms with Crippen molar-refractivity contribution in [2.24, 2.45) is 0 Å². The molecule has 3 heterocycles. The van der Waals surface area contributed by atoms with Crippen molar-refractivity contribution in [3.05, 3.63) is 59.4 Å². The number of alkyl halides is 3. The zero-order chi connectivity index (χ0) is 19.9. The van der Waals surface area contributed by atoms with Gasteiger partial charge in [0.15, 0.2) is 5.82 Å². The minimum Gasteiger partial charge on any atom is -0.404 e. The van der Waals surface area contributed by atoms with Crippen LogP contribution in [0, 0.1) is 0 Å². The molecule has 0 radical (unpaired) electrons. The molecule has 0 bridgehead atoms. The van der Waals surface area contributed by atoms with E-state index in [4.69, 9.17) is 23.2 Å². The Bertz CT molecular complexity index is 1160. The second kappa shape index (κ2) is 6.88. The molecule has 1 N–H and O–H groups in total. The van der Waals surface area contributed by atoms with Crippen LogP contribution in [0.5, 0.6) is 5.75 Å². The van der Waals surface area contributed by atoms with Gasteiger partial charge in [0.2, 0.25) is 5.28 Å². The van der Waals surface area contributed by atoms with Gasteiger partial charge in [-0.15, -0.1) is 18.3 Å². The first kappa shape index (κ1) is 18.4. The Morgan fingerprint density at radius 2 is 1.96 bits per heavy atom.